The number of aliphatic hydroxyl groups excluding tert-OH is 1. The smallest absolute Gasteiger partial charge is 0.0637 e. The van der Waals surface area contributed by atoms with Gasteiger partial charge in [-0.25, -0.2) is 0 Å². The summed E-state index contributed by atoms with van der Waals surface area (Å²) < 4.78 is 13.0. The van der Waals surface area contributed by atoms with Crippen molar-refractivity contribution in [3.63, 3.8) is 0 Å². The van der Waals surface area contributed by atoms with E-state index >= 15 is 0 Å². The van der Waals surface area contributed by atoms with Crippen LogP contribution in [-0.4, -0.2) is 50.2 Å². The van der Waals surface area contributed by atoms with Gasteiger partial charge in [-0.15, -0.1) is 0 Å². The SMILES string of the molecule is CC(CCO)C1CCC2C3CCC4CC(OCCCN)CCC4(C)C3CC(OCCCN)C12C. The molecule has 10 unspecified atom stereocenters. The lowest BCUT2D eigenvalue weighted by molar-refractivity contribution is -0.192. The third-order valence-electron chi connectivity index (χ3n) is 11.4. The Labute approximate surface area is 209 Å². The molecule has 5 N–H and O–H groups in total. The number of nitrogens with two attached hydrogens (primary N) is 2. The molecular formula is C29H54N2O3. The molecule has 4 aliphatic rings. The molecule has 5 nitrogen and oxygen atoms in total. The summed E-state index contributed by atoms with van der Waals surface area (Å²) in [6.07, 6.45) is 14.0. The van der Waals surface area contributed by atoms with Gasteiger partial charge in [-0.05, 0) is 130 Å². The van der Waals surface area contributed by atoms with Gasteiger partial charge in [0.1, 0.15) is 0 Å². The van der Waals surface area contributed by atoms with E-state index in [1.165, 1.54) is 51.4 Å². The highest BCUT2D eigenvalue weighted by molar-refractivity contribution is 5.13. The molecule has 0 aromatic heterocycles. The molecule has 0 heterocycles. The zero-order valence-electron chi connectivity index (χ0n) is 22.4. The van der Waals surface area contributed by atoms with E-state index in [1.54, 1.807) is 0 Å². The minimum absolute atomic E-state index is 0.232. The van der Waals surface area contributed by atoms with Crippen molar-refractivity contribution in [3.8, 4) is 0 Å². The molecule has 34 heavy (non-hydrogen) atoms. The Morgan fingerprint density at radius 2 is 1.65 bits per heavy atom. The summed E-state index contributed by atoms with van der Waals surface area (Å²) in [5.41, 5.74) is 12.2. The van der Waals surface area contributed by atoms with Crippen molar-refractivity contribution in [2.24, 2.45) is 57.8 Å². The fourth-order valence-corrected chi connectivity index (χ4v) is 9.56. The molecule has 0 bridgehead atoms. The average molecular weight is 479 g/mol. The first kappa shape index (κ1) is 26.9. The van der Waals surface area contributed by atoms with Crippen molar-refractivity contribution in [2.45, 2.75) is 104 Å². The van der Waals surface area contributed by atoms with Crippen molar-refractivity contribution < 1.29 is 14.6 Å². The van der Waals surface area contributed by atoms with Gasteiger partial charge < -0.3 is 26.0 Å². The first-order valence-electron chi connectivity index (χ1n) is 14.6. The number of hydrogen-bond acceptors (Lipinski definition) is 5. The van der Waals surface area contributed by atoms with Crippen LogP contribution >= 0.6 is 0 Å². The largest absolute Gasteiger partial charge is 0.396 e. The van der Waals surface area contributed by atoms with E-state index in [0.717, 1.165) is 62.7 Å². The lowest BCUT2D eigenvalue weighted by Gasteiger charge is -2.63. The molecule has 4 rings (SSSR count). The Morgan fingerprint density at radius 3 is 2.35 bits per heavy atom. The van der Waals surface area contributed by atoms with Gasteiger partial charge in [0.05, 0.1) is 12.2 Å². The van der Waals surface area contributed by atoms with Crippen LogP contribution in [0.15, 0.2) is 0 Å². The summed E-state index contributed by atoms with van der Waals surface area (Å²) in [6.45, 7) is 10.9. The second-order valence-electron chi connectivity index (χ2n) is 12.8. The van der Waals surface area contributed by atoms with E-state index in [4.69, 9.17) is 20.9 Å². The van der Waals surface area contributed by atoms with Crippen LogP contribution in [0.25, 0.3) is 0 Å². The molecule has 10 atom stereocenters. The molecule has 4 aliphatic carbocycles. The van der Waals surface area contributed by atoms with E-state index in [9.17, 15) is 5.11 Å². The number of hydrogen-bond donors (Lipinski definition) is 3. The third kappa shape index (κ3) is 4.86. The summed E-state index contributed by atoms with van der Waals surface area (Å²) in [5, 5.41) is 9.69. The van der Waals surface area contributed by atoms with E-state index in [0.29, 0.717) is 42.6 Å². The molecule has 0 radical (unpaired) electrons. The molecule has 198 valence electrons. The lowest BCUT2D eigenvalue weighted by Crippen LogP contribution is -2.59. The normalized spacial score (nSPS) is 44.8. The molecule has 0 aromatic carbocycles. The predicted octanol–water partition coefficient (Wildman–Crippen LogP) is 4.74. The van der Waals surface area contributed by atoms with Gasteiger partial charge >= 0.3 is 0 Å². The molecular weight excluding hydrogens is 424 g/mol. The molecule has 0 spiro atoms. The quantitative estimate of drug-likeness (QED) is 0.373. The van der Waals surface area contributed by atoms with Gasteiger partial charge in [0.2, 0.25) is 0 Å². The van der Waals surface area contributed by atoms with E-state index in [-0.39, 0.29) is 5.41 Å². The van der Waals surface area contributed by atoms with Gasteiger partial charge in [-0.3, -0.25) is 0 Å². The van der Waals surface area contributed by atoms with Crippen LogP contribution in [-0.2, 0) is 9.47 Å². The number of aliphatic hydroxyl groups is 1. The summed E-state index contributed by atoms with van der Waals surface area (Å²) in [5.74, 6) is 4.36. The van der Waals surface area contributed by atoms with Crippen LogP contribution in [0.2, 0.25) is 0 Å². The highest BCUT2D eigenvalue weighted by Gasteiger charge is 2.64. The Morgan fingerprint density at radius 1 is 0.912 bits per heavy atom. The summed E-state index contributed by atoms with van der Waals surface area (Å²) in [7, 11) is 0. The molecule has 0 amide bonds. The summed E-state index contributed by atoms with van der Waals surface area (Å²) in [6, 6.07) is 0. The number of fused-ring (bicyclic) bond motifs is 5. The fourth-order valence-electron chi connectivity index (χ4n) is 9.56. The minimum atomic E-state index is 0.232. The average Bonchev–Trinajstić information content (AvgIpc) is 3.18. The van der Waals surface area contributed by atoms with Crippen molar-refractivity contribution in [1.29, 1.82) is 0 Å². The zero-order chi connectivity index (χ0) is 24.3. The van der Waals surface area contributed by atoms with E-state index in [2.05, 4.69) is 20.8 Å². The maximum absolute atomic E-state index is 9.69. The lowest BCUT2D eigenvalue weighted by atomic mass is 9.43. The Kier molecular flexibility index (Phi) is 9.05. The Bertz CT molecular complexity index is 647. The van der Waals surface area contributed by atoms with Gasteiger partial charge in [0, 0.05) is 19.8 Å². The maximum atomic E-state index is 9.69. The van der Waals surface area contributed by atoms with Crippen molar-refractivity contribution >= 4 is 0 Å². The molecule has 0 aromatic rings. The minimum Gasteiger partial charge on any atom is -0.396 e. The number of rotatable bonds is 11. The standard InChI is InChI=1S/C29H54N2O3/c1-20(11-15-32)24-8-9-25-23-7-6-21-18-22(33-16-4-13-30)10-12-28(21,2)26(23)19-27(29(24,25)3)34-17-5-14-31/h20-27,32H,4-19,30-31H2,1-3H3. The van der Waals surface area contributed by atoms with E-state index in [1.807, 2.05) is 0 Å². The first-order chi connectivity index (χ1) is 16.4. The van der Waals surface area contributed by atoms with Crippen molar-refractivity contribution in [1.82, 2.24) is 0 Å². The van der Waals surface area contributed by atoms with Gasteiger partial charge in [0.15, 0.2) is 0 Å². The molecule has 4 fully saturated rings. The molecule has 0 aliphatic heterocycles. The Balaban J connectivity index is 1.54. The van der Waals surface area contributed by atoms with Crippen LogP contribution in [0.1, 0.15) is 91.4 Å². The molecule has 5 heteroatoms. The van der Waals surface area contributed by atoms with Crippen LogP contribution in [0.5, 0.6) is 0 Å². The molecule has 4 saturated carbocycles. The van der Waals surface area contributed by atoms with E-state index < -0.39 is 0 Å². The predicted molar refractivity (Wildman–Crippen MR) is 138 cm³/mol. The summed E-state index contributed by atoms with van der Waals surface area (Å²) in [4.78, 5) is 0. The Hall–Kier alpha value is -0.200. The highest BCUT2D eigenvalue weighted by Crippen LogP contribution is 2.69. The first-order valence-corrected chi connectivity index (χ1v) is 14.6. The van der Waals surface area contributed by atoms with Gasteiger partial charge in [-0.1, -0.05) is 20.8 Å². The monoisotopic (exact) mass is 478 g/mol. The topological polar surface area (TPSA) is 90.7 Å². The fraction of sp³-hybridized carbons (Fsp3) is 1.00. The van der Waals surface area contributed by atoms with Crippen molar-refractivity contribution in [3.05, 3.63) is 0 Å². The van der Waals surface area contributed by atoms with Crippen molar-refractivity contribution in [2.75, 3.05) is 32.9 Å². The summed E-state index contributed by atoms with van der Waals surface area (Å²) >= 11 is 0. The van der Waals surface area contributed by atoms with Gasteiger partial charge in [-0.2, -0.15) is 0 Å². The van der Waals surface area contributed by atoms with Crippen LogP contribution in [0.4, 0.5) is 0 Å². The highest BCUT2D eigenvalue weighted by atomic mass is 16.5. The number of ether oxygens (including phenoxy) is 2. The maximum Gasteiger partial charge on any atom is 0.0637 e. The molecule has 0 saturated heterocycles. The second-order valence-corrected chi connectivity index (χ2v) is 12.8. The van der Waals surface area contributed by atoms with Crippen LogP contribution < -0.4 is 11.5 Å². The van der Waals surface area contributed by atoms with Crippen LogP contribution in [0, 0.1) is 46.3 Å². The zero-order valence-corrected chi connectivity index (χ0v) is 22.4. The van der Waals surface area contributed by atoms with Gasteiger partial charge in [0.25, 0.3) is 0 Å². The second kappa shape index (κ2) is 11.5. The third-order valence-corrected chi connectivity index (χ3v) is 11.4. The van der Waals surface area contributed by atoms with Crippen LogP contribution in [0.3, 0.4) is 0 Å².